The van der Waals surface area contributed by atoms with E-state index in [0.29, 0.717) is 0 Å². The molecule has 0 unspecified atom stereocenters. The first kappa shape index (κ1) is 17.6. The van der Waals surface area contributed by atoms with E-state index in [-0.39, 0.29) is 29.5 Å². The van der Waals surface area contributed by atoms with Crippen LogP contribution in [0.25, 0.3) is 0 Å². The number of nitrogens with one attached hydrogen (secondary N) is 1. The van der Waals surface area contributed by atoms with Gasteiger partial charge in [-0.1, -0.05) is 47.6 Å². The summed E-state index contributed by atoms with van der Waals surface area (Å²) in [4.78, 5) is 39.7. The van der Waals surface area contributed by atoms with Crippen LogP contribution in [-0.2, 0) is 11.2 Å². The van der Waals surface area contributed by atoms with E-state index in [1.165, 1.54) is 0 Å². The first-order chi connectivity index (χ1) is 13.5. The number of fused-ring (bicyclic) bond motifs is 1. The summed E-state index contributed by atoms with van der Waals surface area (Å²) in [6.45, 7) is 1.59. The fourth-order valence-corrected chi connectivity index (χ4v) is 3.17. The first-order valence-electron chi connectivity index (χ1n) is 8.66. The van der Waals surface area contributed by atoms with E-state index in [9.17, 15) is 14.4 Å². The van der Waals surface area contributed by atoms with Crippen LogP contribution >= 0.6 is 0 Å². The average Bonchev–Trinajstić information content (AvgIpc) is 3.22. The average molecular weight is 376 g/mol. The van der Waals surface area contributed by atoms with Crippen LogP contribution in [0.5, 0.6) is 0 Å². The number of anilines is 1. The number of amides is 3. The molecule has 28 heavy (non-hydrogen) atoms. The number of carbonyl (C=O) groups is 3. The first-order valence-corrected chi connectivity index (χ1v) is 8.66. The van der Waals surface area contributed by atoms with E-state index < -0.39 is 23.8 Å². The van der Waals surface area contributed by atoms with Crippen molar-refractivity contribution in [1.82, 2.24) is 15.1 Å². The maximum atomic E-state index is 13.0. The molecule has 1 aliphatic heterocycles. The Balaban J connectivity index is 1.68. The Morgan fingerprint density at radius 3 is 2.18 bits per heavy atom. The van der Waals surface area contributed by atoms with Crippen LogP contribution in [-0.4, -0.2) is 38.9 Å². The Labute approximate surface area is 160 Å². The zero-order chi connectivity index (χ0) is 19.7. The van der Waals surface area contributed by atoms with Crippen molar-refractivity contribution in [3.8, 4) is 0 Å². The van der Waals surface area contributed by atoms with E-state index in [2.05, 4.69) is 15.5 Å². The second-order valence-corrected chi connectivity index (χ2v) is 6.35. The lowest BCUT2D eigenvalue weighted by Crippen LogP contribution is -2.48. The van der Waals surface area contributed by atoms with Gasteiger partial charge in [0.1, 0.15) is 6.04 Å². The second-order valence-electron chi connectivity index (χ2n) is 6.35. The molecule has 140 valence electrons. The lowest BCUT2D eigenvalue weighted by atomic mass is 10.0. The topological polar surface area (TPSA) is 105 Å². The molecule has 0 fully saturated rings. The molecule has 0 saturated carbocycles. The third-order valence-electron chi connectivity index (χ3n) is 4.47. The normalized spacial score (nSPS) is 14.1. The molecule has 1 N–H and O–H groups in total. The largest absolute Gasteiger partial charge is 0.408 e. The molecular weight excluding hydrogens is 360 g/mol. The van der Waals surface area contributed by atoms with Gasteiger partial charge in [0.05, 0.1) is 11.1 Å². The maximum Gasteiger partial charge on any atom is 0.322 e. The number of imide groups is 1. The third kappa shape index (κ3) is 3.16. The fourth-order valence-electron chi connectivity index (χ4n) is 3.17. The number of aromatic nitrogens is 2. The molecule has 2 aromatic carbocycles. The highest BCUT2D eigenvalue weighted by atomic mass is 16.4. The molecule has 1 atom stereocenters. The summed E-state index contributed by atoms with van der Waals surface area (Å²) in [7, 11) is 0. The molecule has 1 aliphatic rings. The highest BCUT2D eigenvalue weighted by molar-refractivity contribution is 6.23. The summed E-state index contributed by atoms with van der Waals surface area (Å²) in [5.74, 6) is -1.30. The van der Waals surface area contributed by atoms with Gasteiger partial charge in [0.15, 0.2) is 0 Å². The van der Waals surface area contributed by atoms with Crippen LogP contribution in [0.15, 0.2) is 59.0 Å². The monoisotopic (exact) mass is 376 g/mol. The summed E-state index contributed by atoms with van der Waals surface area (Å²) < 4.78 is 5.19. The number of benzene rings is 2. The van der Waals surface area contributed by atoms with Crippen molar-refractivity contribution in [3.05, 3.63) is 77.2 Å². The van der Waals surface area contributed by atoms with Crippen LogP contribution in [0.2, 0.25) is 0 Å². The number of aryl methyl sites for hydroxylation is 1. The van der Waals surface area contributed by atoms with Crippen molar-refractivity contribution in [3.63, 3.8) is 0 Å². The van der Waals surface area contributed by atoms with Crippen molar-refractivity contribution in [2.75, 3.05) is 5.32 Å². The summed E-state index contributed by atoms with van der Waals surface area (Å²) >= 11 is 0. The molecule has 8 heteroatoms. The Hall–Kier alpha value is -3.81. The van der Waals surface area contributed by atoms with Crippen molar-refractivity contribution >= 4 is 23.7 Å². The molecule has 2 heterocycles. The van der Waals surface area contributed by atoms with Crippen molar-refractivity contribution in [1.29, 1.82) is 0 Å². The minimum absolute atomic E-state index is 0.0860. The minimum atomic E-state index is -1.07. The van der Waals surface area contributed by atoms with Gasteiger partial charge in [-0.25, -0.2) is 0 Å². The highest BCUT2D eigenvalue weighted by Gasteiger charge is 2.42. The summed E-state index contributed by atoms with van der Waals surface area (Å²) in [6.07, 6.45) is 0.158. The number of nitrogens with zero attached hydrogens (tertiary/aromatic N) is 3. The molecule has 0 radical (unpaired) electrons. The SMILES string of the molecule is Cc1nnc(NC(=O)[C@@H](Cc2ccccc2)N2C(=O)c3ccccc3C2=O)o1. The Kier molecular flexibility index (Phi) is 4.44. The number of hydrogen-bond donors (Lipinski definition) is 1. The molecule has 4 rings (SSSR count). The molecule has 0 aliphatic carbocycles. The van der Waals surface area contributed by atoms with Gasteiger partial charge in [-0.15, -0.1) is 5.10 Å². The molecule has 3 amide bonds. The van der Waals surface area contributed by atoms with Gasteiger partial charge in [-0.2, -0.15) is 0 Å². The van der Waals surface area contributed by atoms with E-state index in [1.54, 1.807) is 31.2 Å². The molecule has 8 nitrogen and oxygen atoms in total. The van der Waals surface area contributed by atoms with E-state index >= 15 is 0 Å². The number of carbonyl (C=O) groups excluding carboxylic acids is 3. The van der Waals surface area contributed by atoms with Gasteiger partial charge in [-0.05, 0) is 17.7 Å². The standard InChI is InChI=1S/C20H16N4O4/c1-12-22-23-20(28-12)21-17(25)16(11-13-7-3-2-4-8-13)24-18(26)14-9-5-6-10-15(14)19(24)27/h2-10,16H,11H2,1H3,(H,21,23,25)/t16-/m1/s1. The quantitative estimate of drug-likeness (QED) is 0.685. The van der Waals surface area contributed by atoms with Gasteiger partial charge >= 0.3 is 6.01 Å². The van der Waals surface area contributed by atoms with Crippen molar-refractivity contribution < 1.29 is 18.8 Å². The predicted molar refractivity (Wildman–Crippen MR) is 98.5 cm³/mol. The highest BCUT2D eigenvalue weighted by Crippen LogP contribution is 2.26. The number of rotatable bonds is 5. The Morgan fingerprint density at radius 1 is 1.00 bits per heavy atom. The van der Waals surface area contributed by atoms with Crippen LogP contribution in [0.1, 0.15) is 32.2 Å². The zero-order valence-electron chi connectivity index (χ0n) is 15.0. The van der Waals surface area contributed by atoms with Crippen LogP contribution < -0.4 is 5.32 Å². The Bertz CT molecular complexity index is 1030. The third-order valence-corrected chi connectivity index (χ3v) is 4.47. The molecule has 0 spiro atoms. The van der Waals surface area contributed by atoms with Gasteiger partial charge < -0.3 is 4.42 Å². The molecule has 0 bridgehead atoms. The summed E-state index contributed by atoms with van der Waals surface area (Å²) in [5.41, 5.74) is 1.37. The summed E-state index contributed by atoms with van der Waals surface area (Å²) in [5, 5.41) is 9.91. The van der Waals surface area contributed by atoms with Crippen LogP contribution in [0, 0.1) is 6.92 Å². The van der Waals surface area contributed by atoms with Crippen molar-refractivity contribution in [2.24, 2.45) is 0 Å². The predicted octanol–water partition coefficient (Wildman–Crippen LogP) is 2.22. The van der Waals surface area contributed by atoms with Crippen LogP contribution in [0.3, 0.4) is 0 Å². The van der Waals surface area contributed by atoms with Gasteiger partial charge in [0, 0.05) is 13.3 Å². The Morgan fingerprint density at radius 2 is 1.61 bits per heavy atom. The smallest absolute Gasteiger partial charge is 0.322 e. The zero-order valence-corrected chi connectivity index (χ0v) is 15.0. The lowest BCUT2D eigenvalue weighted by Gasteiger charge is -2.24. The summed E-state index contributed by atoms with van der Waals surface area (Å²) in [6, 6.07) is 14.5. The number of hydrogen-bond acceptors (Lipinski definition) is 6. The maximum absolute atomic E-state index is 13.0. The molecule has 3 aromatic rings. The van der Waals surface area contributed by atoms with Gasteiger partial charge in [-0.3, -0.25) is 24.6 Å². The van der Waals surface area contributed by atoms with Gasteiger partial charge in [0.25, 0.3) is 17.7 Å². The fraction of sp³-hybridized carbons (Fsp3) is 0.150. The molecule has 1 aromatic heterocycles. The van der Waals surface area contributed by atoms with E-state index in [1.807, 2.05) is 30.3 Å². The van der Waals surface area contributed by atoms with Crippen molar-refractivity contribution in [2.45, 2.75) is 19.4 Å². The van der Waals surface area contributed by atoms with Gasteiger partial charge in [0.2, 0.25) is 5.89 Å². The molecule has 0 saturated heterocycles. The molecular formula is C20H16N4O4. The lowest BCUT2D eigenvalue weighted by molar-refractivity contribution is -0.120. The van der Waals surface area contributed by atoms with E-state index in [4.69, 9.17) is 4.42 Å². The van der Waals surface area contributed by atoms with Crippen LogP contribution in [0.4, 0.5) is 6.01 Å². The van der Waals surface area contributed by atoms with E-state index in [0.717, 1.165) is 10.5 Å². The second kappa shape index (κ2) is 7.07. The minimum Gasteiger partial charge on any atom is -0.408 e.